The molecular weight excluding hydrogens is 579 g/mol. The molecule has 10 nitrogen and oxygen atoms in total. The number of hydrogen-bond acceptors (Lipinski definition) is 12. The standard InChI is InChI=1S/C24H30Cl2N2O8S2/c1-5-23(3,33)17-19-28-13(10-38-19)21(31)34-9-15(29)18-27-14(11-37-18)22(32)35-16(12(2)20(30)36-17)7-6-8-24(4,25)26/h10-12,15-17,29,33H,5-9H2,1-4H3/t12-,15+,16+,17-,23+/m0/s1. The van der Waals surface area contributed by atoms with Gasteiger partial charge in [0.2, 0.25) is 0 Å². The van der Waals surface area contributed by atoms with E-state index in [0.717, 1.165) is 22.7 Å². The van der Waals surface area contributed by atoms with Crippen LogP contribution in [0.25, 0.3) is 0 Å². The van der Waals surface area contributed by atoms with Gasteiger partial charge in [-0.15, -0.1) is 45.9 Å². The second-order valence-electron chi connectivity index (χ2n) is 9.48. The minimum absolute atomic E-state index is 0.0658. The second-order valence-corrected chi connectivity index (χ2v) is 13.1. The zero-order valence-corrected chi connectivity index (χ0v) is 24.5. The van der Waals surface area contributed by atoms with Gasteiger partial charge in [-0.3, -0.25) is 4.79 Å². The number of halogens is 2. The van der Waals surface area contributed by atoms with Crippen molar-refractivity contribution in [3.63, 3.8) is 0 Å². The molecule has 0 aromatic carbocycles. The molecule has 0 fully saturated rings. The van der Waals surface area contributed by atoms with Crippen LogP contribution in [0.1, 0.15) is 96.6 Å². The fourth-order valence-electron chi connectivity index (χ4n) is 3.56. The number of cyclic esters (lactones) is 3. The number of aromatic nitrogens is 2. The summed E-state index contributed by atoms with van der Waals surface area (Å²) in [5.74, 6) is -3.30. The molecule has 38 heavy (non-hydrogen) atoms. The van der Waals surface area contributed by atoms with Gasteiger partial charge in [0, 0.05) is 10.8 Å². The van der Waals surface area contributed by atoms with Gasteiger partial charge < -0.3 is 24.4 Å². The highest BCUT2D eigenvalue weighted by Gasteiger charge is 2.40. The first-order valence-corrected chi connectivity index (χ1v) is 14.5. The summed E-state index contributed by atoms with van der Waals surface area (Å²) in [5, 5.41) is 24.6. The molecule has 14 heteroatoms. The number of aliphatic hydroxyl groups is 2. The molecule has 2 N–H and O–H groups in total. The first-order valence-electron chi connectivity index (χ1n) is 12.0. The predicted octanol–water partition coefficient (Wildman–Crippen LogP) is 4.77. The number of ether oxygens (including phenoxy) is 3. The van der Waals surface area contributed by atoms with Crippen LogP contribution < -0.4 is 0 Å². The van der Waals surface area contributed by atoms with Gasteiger partial charge in [0.05, 0.1) is 5.92 Å². The van der Waals surface area contributed by atoms with E-state index in [4.69, 9.17) is 37.4 Å². The number of alkyl halides is 2. The van der Waals surface area contributed by atoms with Crippen molar-refractivity contribution < 1.29 is 38.8 Å². The van der Waals surface area contributed by atoms with E-state index in [2.05, 4.69) is 9.97 Å². The molecule has 2 aromatic heterocycles. The van der Waals surface area contributed by atoms with Crippen LogP contribution in [0.3, 0.4) is 0 Å². The Kier molecular flexibility index (Phi) is 10.2. The van der Waals surface area contributed by atoms with Gasteiger partial charge in [0.1, 0.15) is 38.8 Å². The first kappa shape index (κ1) is 30.7. The molecule has 0 amide bonds. The van der Waals surface area contributed by atoms with Crippen molar-refractivity contribution in [1.82, 2.24) is 9.97 Å². The van der Waals surface area contributed by atoms with Gasteiger partial charge in [0.25, 0.3) is 0 Å². The highest BCUT2D eigenvalue weighted by atomic mass is 35.5. The highest BCUT2D eigenvalue weighted by molar-refractivity contribution is 7.10. The molecule has 3 heterocycles. The Hall–Kier alpha value is -1.83. The predicted molar refractivity (Wildman–Crippen MR) is 142 cm³/mol. The fourth-order valence-corrected chi connectivity index (χ4v) is 5.55. The van der Waals surface area contributed by atoms with Crippen molar-refractivity contribution in [2.75, 3.05) is 6.61 Å². The van der Waals surface area contributed by atoms with Crippen molar-refractivity contribution in [1.29, 1.82) is 0 Å². The highest BCUT2D eigenvalue weighted by Crippen LogP contribution is 2.36. The Bertz CT molecular complexity index is 1150. The molecule has 4 bridgehead atoms. The summed E-state index contributed by atoms with van der Waals surface area (Å²) in [6, 6.07) is 0. The lowest BCUT2D eigenvalue weighted by Crippen LogP contribution is -2.39. The van der Waals surface area contributed by atoms with E-state index in [9.17, 15) is 24.6 Å². The maximum Gasteiger partial charge on any atom is 0.358 e. The molecule has 2 aromatic rings. The number of fused-ring (bicyclic) bond motifs is 4. The van der Waals surface area contributed by atoms with Gasteiger partial charge >= 0.3 is 17.9 Å². The van der Waals surface area contributed by atoms with E-state index in [0.29, 0.717) is 12.8 Å². The second kappa shape index (κ2) is 12.6. The van der Waals surface area contributed by atoms with E-state index < -0.39 is 58.7 Å². The van der Waals surface area contributed by atoms with E-state index in [1.807, 2.05) is 0 Å². The van der Waals surface area contributed by atoms with E-state index in [1.54, 1.807) is 20.8 Å². The first-order chi connectivity index (χ1) is 17.7. The molecule has 0 spiro atoms. The molecule has 0 saturated carbocycles. The van der Waals surface area contributed by atoms with Gasteiger partial charge in [-0.05, 0) is 46.5 Å². The van der Waals surface area contributed by atoms with Crippen LogP contribution in [0.4, 0.5) is 0 Å². The minimum atomic E-state index is -1.52. The van der Waals surface area contributed by atoms with Crippen molar-refractivity contribution in [3.05, 3.63) is 32.2 Å². The fraction of sp³-hybridized carbons (Fsp3) is 0.625. The maximum atomic E-state index is 13.3. The molecule has 1 aliphatic heterocycles. The summed E-state index contributed by atoms with van der Waals surface area (Å²) < 4.78 is 15.6. The molecular formula is C24H30Cl2N2O8S2. The third kappa shape index (κ3) is 7.86. The number of aliphatic hydroxyl groups excluding tert-OH is 1. The van der Waals surface area contributed by atoms with Crippen LogP contribution in [-0.4, -0.2) is 60.7 Å². The average Bonchev–Trinajstić information content (AvgIpc) is 3.53. The third-order valence-electron chi connectivity index (χ3n) is 6.15. The number of carbonyl (C=O) groups excluding carboxylic acids is 3. The lowest BCUT2D eigenvalue weighted by Gasteiger charge is -2.32. The van der Waals surface area contributed by atoms with E-state index >= 15 is 0 Å². The van der Waals surface area contributed by atoms with Crippen LogP contribution in [-0.2, 0) is 19.0 Å². The van der Waals surface area contributed by atoms with E-state index in [-0.39, 0.29) is 34.2 Å². The summed E-state index contributed by atoms with van der Waals surface area (Å²) in [5.41, 5.74) is -1.65. The van der Waals surface area contributed by atoms with E-state index in [1.165, 1.54) is 17.7 Å². The van der Waals surface area contributed by atoms with Gasteiger partial charge in [-0.2, -0.15) is 0 Å². The Balaban J connectivity index is 1.98. The largest absolute Gasteiger partial charge is 0.458 e. The van der Waals surface area contributed by atoms with Crippen LogP contribution >= 0.6 is 45.9 Å². The third-order valence-corrected chi connectivity index (χ3v) is 8.36. The Morgan fingerprint density at radius 2 is 1.66 bits per heavy atom. The normalized spacial score (nSPS) is 25.1. The van der Waals surface area contributed by atoms with Crippen molar-refractivity contribution >= 4 is 63.8 Å². The summed E-state index contributed by atoms with van der Waals surface area (Å²) in [7, 11) is 0. The van der Waals surface area contributed by atoms with Crippen molar-refractivity contribution in [2.45, 2.75) is 81.6 Å². The van der Waals surface area contributed by atoms with Gasteiger partial charge in [0.15, 0.2) is 17.5 Å². The smallest absolute Gasteiger partial charge is 0.358 e. The Labute approximate surface area is 238 Å². The maximum absolute atomic E-state index is 13.3. The average molecular weight is 610 g/mol. The number of nitrogens with zero attached hydrogens (tertiary/aromatic N) is 2. The molecule has 5 atom stereocenters. The zero-order valence-electron chi connectivity index (χ0n) is 21.3. The lowest BCUT2D eigenvalue weighted by atomic mass is 9.95. The monoisotopic (exact) mass is 608 g/mol. The van der Waals surface area contributed by atoms with Crippen LogP contribution in [0, 0.1) is 5.92 Å². The molecule has 0 radical (unpaired) electrons. The molecule has 0 aliphatic carbocycles. The van der Waals surface area contributed by atoms with Crippen molar-refractivity contribution in [3.8, 4) is 0 Å². The lowest BCUT2D eigenvalue weighted by molar-refractivity contribution is -0.173. The van der Waals surface area contributed by atoms with Crippen LogP contribution in [0.2, 0.25) is 0 Å². The molecule has 3 rings (SSSR count). The van der Waals surface area contributed by atoms with Crippen molar-refractivity contribution in [2.24, 2.45) is 5.92 Å². The number of esters is 3. The summed E-state index contributed by atoms with van der Waals surface area (Å²) in [6.45, 7) is 5.97. The minimum Gasteiger partial charge on any atom is -0.458 e. The summed E-state index contributed by atoms with van der Waals surface area (Å²) in [6.07, 6.45) is -2.15. The number of carbonyl (C=O) groups is 3. The molecule has 0 unspecified atom stereocenters. The summed E-state index contributed by atoms with van der Waals surface area (Å²) in [4.78, 5) is 47.1. The summed E-state index contributed by atoms with van der Waals surface area (Å²) >= 11 is 14.2. The number of thiazole rings is 2. The number of hydrogen-bond donors (Lipinski definition) is 2. The van der Waals surface area contributed by atoms with Gasteiger partial charge in [-0.1, -0.05) is 6.92 Å². The quantitative estimate of drug-likeness (QED) is 0.267. The SMILES string of the molecule is CC[C@@](C)(O)[C@H]1OC(=O)[C@@H](C)[C@@H](CCCC(C)(Cl)Cl)OC(=O)c2csc(n2)[C@H](O)COC(=O)c2csc1n2. The van der Waals surface area contributed by atoms with Gasteiger partial charge in [-0.25, -0.2) is 19.6 Å². The molecule has 210 valence electrons. The molecule has 0 saturated heterocycles. The zero-order chi connectivity index (χ0) is 28.3. The number of rotatable bonds is 6. The molecule has 1 aliphatic rings. The Morgan fingerprint density at radius 1 is 1.05 bits per heavy atom. The topological polar surface area (TPSA) is 145 Å². The Morgan fingerprint density at radius 3 is 2.29 bits per heavy atom. The van der Waals surface area contributed by atoms with Crippen LogP contribution in [0.15, 0.2) is 10.8 Å². The van der Waals surface area contributed by atoms with Crippen LogP contribution in [0.5, 0.6) is 0 Å².